The number of amides is 2. The van der Waals surface area contributed by atoms with Gasteiger partial charge in [0, 0.05) is 39.5 Å². The van der Waals surface area contributed by atoms with Crippen molar-refractivity contribution in [1.29, 1.82) is 0 Å². The fourth-order valence-corrected chi connectivity index (χ4v) is 2.69. The summed E-state index contributed by atoms with van der Waals surface area (Å²) in [7, 11) is 3.51. The molecule has 1 saturated heterocycles. The van der Waals surface area contributed by atoms with E-state index in [2.05, 4.69) is 34.5 Å². The number of anilines is 1. The fourth-order valence-electron chi connectivity index (χ4n) is 2.69. The van der Waals surface area contributed by atoms with Crippen LogP contribution in [0.1, 0.15) is 12.8 Å². The van der Waals surface area contributed by atoms with Crippen LogP contribution in [-0.4, -0.2) is 57.4 Å². The molecule has 1 N–H and O–H groups in total. The molecule has 1 heterocycles. The van der Waals surface area contributed by atoms with Gasteiger partial charge in [-0.25, -0.2) is 4.79 Å². The minimum atomic E-state index is -0.0213. The van der Waals surface area contributed by atoms with Crippen molar-refractivity contribution in [2.45, 2.75) is 18.9 Å². The molecule has 0 radical (unpaired) electrons. The van der Waals surface area contributed by atoms with Crippen LogP contribution in [-0.2, 0) is 4.74 Å². The van der Waals surface area contributed by atoms with E-state index in [0.29, 0.717) is 13.2 Å². The molecular weight excluding hydrogens is 266 g/mol. The Bertz CT molecular complexity index is 438. The molecule has 1 aromatic carbocycles. The summed E-state index contributed by atoms with van der Waals surface area (Å²) in [5, 5.41) is 2.88. The number of ether oxygens (including phenoxy) is 1. The lowest BCUT2D eigenvalue weighted by Crippen LogP contribution is -2.51. The second-order valence-corrected chi connectivity index (χ2v) is 5.41. The molecule has 2 rings (SSSR count). The molecule has 1 aliphatic heterocycles. The average molecular weight is 291 g/mol. The van der Waals surface area contributed by atoms with Gasteiger partial charge >= 0.3 is 6.03 Å². The van der Waals surface area contributed by atoms with Crippen LogP contribution in [0.15, 0.2) is 30.3 Å². The van der Waals surface area contributed by atoms with Crippen LogP contribution in [0, 0.1) is 0 Å². The Morgan fingerprint density at radius 3 is 2.90 bits per heavy atom. The van der Waals surface area contributed by atoms with E-state index in [-0.39, 0.29) is 12.1 Å². The largest absolute Gasteiger partial charge is 0.383 e. The van der Waals surface area contributed by atoms with Gasteiger partial charge in [-0.3, -0.25) is 0 Å². The van der Waals surface area contributed by atoms with Crippen LogP contribution in [0.3, 0.4) is 0 Å². The molecule has 0 aromatic heterocycles. The van der Waals surface area contributed by atoms with E-state index >= 15 is 0 Å². The number of carbonyl (C=O) groups is 1. The highest BCUT2D eigenvalue weighted by atomic mass is 16.5. The van der Waals surface area contributed by atoms with Gasteiger partial charge in [-0.1, -0.05) is 18.2 Å². The van der Waals surface area contributed by atoms with Crippen molar-refractivity contribution in [2.24, 2.45) is 0 Å². The van der Waals surface area contributed by atoms with Crippen molar-refractivity contribution < 1.29 is 9.53 Å². The summed E-state index contributed by atoms with van der Waals surface area (Å²) in [4.78, 5) is 16.3. The summed E-state index contributed by atoms with van der Waals surface area (Å²) >= 11 is 0. The zero-order chi connectivity index (χ0) is 15.1. The first-order valence-electron chi connectivity index (χ1n) is 7.52. The van der Waals surface area contributed by atoms with Gasteiger partial charge in [-0.2, -0.15) is 0 Å². The standard InChI is InChI=1S/C16H25N3O2/c1-18(16(20)17-10-12-21-2)15-9-6-11-19(13-15)14-7-4-3-5-8-14/h3-5,7-8,15H,6,9-13H2,1-2H3,(H,17,20). The maximum absolute atomic E-state index is 12.1. The number of likely N-dealkylation sites (N-methyl/N-ethyl adjacent to an activating group) is 1. The van der Waals surface area contributed by atoms with E-state index in [1.807, 2.05) is 18.0 Å². The summed E-state index contributed by atoms with van der Waals surface area (Å²) < 4.78 is 4.95. The number of carbonyl (C=O) groups excluding carboxylic acids is 1. The Hall–Kier alpha value is -1.75. The molecule has 0 aliphatic carbocycles. The first-order valence-corrected chi connectivity index (χ1v) is 7.52. The maximum Gasteiger partial charge on any atom is 0.317 e. The zero-order valence-corrected chi connectivity index (χ0v) is 12.9. The summed E-state index contributed by atoms with van der Waals surface area (Å²) in [5.41, 5.74) is 1.23. The zero-order valence-electron chi connectivity index (χ0n) is 12.9. The first kappa shape index (κ1) is 15.6. The molecular formula is C16H25N3O2. The van der Waals surface area contributed by atoms with Gasteiger partial charge in [0.2, 0.25) is 0 Å². The number of rotatable bonds is 5. The van der Waals surface area contributed by atoms with Crippen LogP contribution in [0.2, 0.25) is 0 Å². The maximum atomic E-state index is 12.1. The number of urea groups is 1. The summed E-state index contributed by atoms with van der Waals surface area (Å²) in [6.45, 7) is 3.03. The number of methoxy groups -OCH3 is 1. The van der Waals surface area contributed by atoms with Gasteiger partial charge in [0.1, 0.15) is 0 Å². The van der Waals surface area contributed by atoms with Crippen LogP contribution >= 0.6 is 0 Å². The highest BCUT2D eigenvalue weighted by Crippen LogP contribution is 2.21. The number of nitrogens with one attached hydrogen (secondary N) is 1. The molecule has 5 heteroatoms. The second kappa shape index (κ2) is 7.88. The summed E-state index contributed by atoms with van der Waals surface area (Å²) in [6.07, 6.45) is 2.16. The van der Waals surface area contributed by atoms with E-state index < -0.39 is 0 Å². The Morgan fingerprint density at radius 2 is 2.19 bits per heavy atom. The van der Waals surface area contributed by atoms with E-state index in [1.165, 1.54) is 5.69 Å². The van der Waals surface area contributed by atoms with Crippen molar-refractivity contribution in [3.05, 3.63) is 30.3 Å². The SMILES string of the molecule is COCCNC(=O)N(C)C1CCCN(c2ccccc2)C1. The highest BCUT2D eigenvalue weighted by molar-refractivity contribution is 5.74. The molecule has 116 valence electrons. The normalized spacial score (nSPS) is 18.4. The van der Waals surface area contributed by atoms with Crippen LogP contribution < -0.4 is 10.2 Å². The van der Waals surface area contributed by atoms with Gasteiger partial charge in [0.15, 0.2) is 0 Å². The monoisotopic (exact) mass is 291 g/mol. The number of nitrogens with zero attached hydrogens (tertiary/aromatic N) is 2. The molecule has 5 nitrogen and oxygen atoms in total. The number of hydrogen-bond donors (Lipinski definition) is 1. The van der Waals surface area contributed by atoms with Crippen molar-refractivity contribution >= 4 is 11.7 Å². The van der Waals surface area contributed by atoms with Crippen molar-refractivity contribution in [1.82, 2.24) is 10.2 Å². The molecule has 0 bridgehead atoms. The second-order valence-electron chi connectivity index (χ2n) is 5.41. The van der Waals surface area contributed by atoms with E-state index in [9.17, 15) is 4.79 Å². The molecule has 1 unspecified atom stereocenters. The lowest BCUT2D eigenvalue weighted by atomic mass is 10.0. The molecule has 1 aromatic rings. The van der Waals surface area contributed by atoms with E-state index in [4.69, 9.17) is 4.74 Å². The van der Waals surface area contributed by atoms with Crippen LogP contribution in [0.25, 0.3) is 0 Å². The smallest absolute Gasteiger partial charge is 0.317 e. The van der Waals surface area contributed by atoms with Crippen molar-refractivity contribution in [3.8, 4) is 0 Å². The first-order chi connectivity index (χ1) is 10.2. The number of piperidine rings is 1. The Balaban J connectivity index is 1.89. The van der Waals surface area contributed by atoms with Gasteiger partial charge in [-0.05, 0) is 25.0 Å². The minimum absolute atomic E-state index is 0.0213. The molecule has 1 fully saturated rings. The molecule has 21 heavy (non-hydrogen) atoms. The lowest BCUT2D eigenvalue weighted by molar-refractivity contribution is 0.170. The average Bonchev–Trinajstić information content (AvgIpc) is 2.55. The van der Waals surface area contributed by atoms with E-state index in [0.717, 1.165) is 25.9 Å². The predicted molar refractivity (Wildman–Crippen MR) is 84.7 cm³/mol. The third kappa shape index (κ3) is 4.36. The van der Waals surface area contributed by atoms with Gasteiger partial charge < -0.3 is 19.9 Å². The van der Waals surface area contributed by atoms with Gasteiger partial charge in [-0.15, -0.1) is 0 Å². The van der Waals surface area contributed by atoms with Gasteiger partial charge in [0.05, 0.1) is 12.6 Å². The van der Waals surface area contributed by atoms with Crippen LogP contribution in [0.4, 0.5) is 10.5 Å². The van der Waals surface area contributed by atoms with Crippen molar-refractivity contribution in [2.75, 3.05) is 45.3 Å². The fraction of sp³-hybridized carbons (Fsp3) is 0.562. The van der Waals surface area contributed by atoms with Gasteiger partial charge in [0.25, 0.3) is 0 Å². The summed E-state index contributed by atoms with van der Waals surface area (Å²) in [5.74, 6) is 0. The highest BCUT2D eigenvalue weighted by Gasteiger charge is 2.26. The van der Waals surface area contributed by atoms with E-state index in [1.54, 1.807) is 7.11 Å². The molecule has 0 spiro atoms. The summed E-state index contributed by atoms with van der Waals surface area (Å²) in [6, 6.07) is 10.6. The minimum Gasteiger partial charge on any atom is -0.383 e. The number of para-hydroxylation sites is 1. The topological polar surface area (TPSA) is 44.8 Å². The quantitative estimate of drug-likeness (QED) is 0.843. The lowest BCUT2D eigenvalue weighted by Gasteiger charge is -2.38. The molecule has 1 aliphatic rings. The Labute approximate surface area is 126 Å². The van der Waals surface area contributed by atoms with Crippen LogP contribution in [0.5, 0.6) is 0 Å². The predicted octanol–water partition coefficient (Wildman–Crippen LogP) is 1.94. The Morgan fingerprint density at radius 1 is 1.43 bits per heavy atom. The third-order valence-electron chi connectivity index (χ3n) is 3.97. The number of hydrogen-bond acceptors (Lipinski definition) is 3. The molecule has 0 saturated carbocycles. The number of benzene rings is 1. The molecule has 2 amide bonds. The third-order valence-corrected chi connectivity index (χ3v) is 3.97. The molecule has 1 atom stereocenters. The van der Waals surface area contributed by atoms with Crippen molar-refractivity contribution in [3.63, 3.8) is 0 Å². The Kier molecular flexibility index (Phi) is 5.87.